The normalized spacial score (nSPS) is 19.9. The van der Waals surface area contributed by atoms with Gasteiger partial charge in [0.2, 0.25) is 5.91 Å². The molecule has 2 saturated heterocycles. The van der Waals surface area contributed by atoms with Crippen LogP contribution in [0.15, 0.2) is 35.3 Å². The van der Waals surface area contributed by atoms with Gasteiger partial charge in [0.1, 0.15) is 6.10 Å². The molecule has 0 aromatic heterocycles. The van der Waals surface area contributed by atoms with Gasteiger partial charge in [0, 0.05) is 46.4 Å². The zero-order valence-corrected chi connectivity index (χ0v) is 17.1. The van der Waals surface area contributed by atoms with E-state index >= 15 is 0 Å². The van der Waals surface area contributed by atoms with Gasteiger partial charge in [-0.2, -0.15) is 0 Å². The lowest BCUT2D eigenvalue weighted by atomic mass is 10.1. The number of carbonyl (C=O) groups is 2. The first kappa shape index (κ1) is 21.1. The van der Waals surface area contributed by atoms with Gasteiger partial charge in [-0.1, -0.05) is 30.3 Å². The van der Waals surface area contributed by atoms with Crippen LogP contribution in [0.4, 0.5) is 0 Å². The number of nitrogens with one attached hydrogen (secondary N) is 2. The van der Waals surface area contributed by atoms with Gasteiger partial charge in [-0.25, -0.2) is 0 Å². The van der Waals surface area contributed by atoms with E-state index < -0.39 is 0 Å². The second-order valence-electron chi connectivity index (χ2n) is 7.30. The highest BCUT2D eigenvalue weighted by Gasteiger charge is 2.30. The summed E-state index contributed by atoms with van der Waals surface area (Å²) in [6.45, 7) is 4.12. The number of piperazine rings is 1. The average Bonchev–Trinajstić information content (AvgIpc) is 3.30. The molecule has 0 radical (unpaired) electrons. The van der Waals surface area contributed by atoms with E-state index in [-0.39, 0.29) is 24.5 Å². The maximum atomic E-state index is 12.4. The van der Waals surface area contributed by atoms with Crippen LogP contribution in [-0.4, -0.2) is 86.6 Å². The largest absolute Gasteiger partial charge is 0.368 e. The summed E-state index contributed by atoms with van der Waals surface area (Å²) in [6, 6.07) is 10.1. The third kappa shape index (κ3) is 6.19. The number of amides is 2. The standard InChI is InChI=1S/C21H31N5O3/c1-22-21(24-16-19(27)23-10-9-17-6-3-2-4-7-17)26-13-11-25(12-14-26)20(28)18-8-5-15-29-18/h2-4,6-7,18H,5,8-16H2,1H3,(H,22,24)(H,23,27). The van der Waals surface area contributed by atoms with Crippen molar-refractivity contribution in [3.63, 3.8) is 0 Å². The Labute approximate surface area is 172 Å². The second-order valence-corrected chi connectivity index (χ2v) is 7.30. The molecule has 0 bridgehead atoms. The van der Waals surface area contributed by atoms with Crippen molar-refractivity contribution in [3.05, 3.63) is 35.9 Å². The predicted octanol–water partition coefficient (Wildman–Crippen LogP) is 0.244. The van der Waals surface area contributed by atoms with Crippen LogP contribution in [0.25, 0.3) is 0 Å². The quantitative estimate of drug-likeness (QED) is 0.527. The first-order valence-corrected chi connectivity index (χ1v) is 10.3. The number of ether oxygens (including phenoxy) is 1. The van der Waals surface area contributed by atoms with Crippen LogP contribution in [0.1, 0.15) is 18.4 Å². The molecular formula is C21H31N5O3. The SMILES string of the molecule is CN=C(NCC(=O)NCCc1ccccc1)N1CCN(C(=O)C2CCCO2)CC1. The molecule has 1 atom stereocenters. The number of aliphatic imine (C=N–C) groups is 1. The van der Waals surface area contributed by atoms with Crippen molar-refractivity contribution in [2.24, 2.45) is 4.99 Å². The third-order valence-electron chi connectivity index (χ3n) is 5.29. The topological polar surface area (TPSA) is 86.3 Å². The lowest BCUT2D eigenvalue weighted by molar-refractivity contribution is -0.142. The molecule has 2 N–H and O–H groups in total. The number of hydrogen-bond acceptors (Lipinski definition) is 4. The van der Waals surface area contributed by atoms with Crippen molar-refractivity contribution >= 4 is 17.8 Å². The first-order chi connectivity index (χ1) is 14.2. The maximum Gasteiger partial charge on any atom is 0.251 e. The molecule has 2 aliphatic rings. The lowest BCUT2D eigenvalue weighted by Crippen LogP contribution is -2.56. The molecule has 0 saturated carbocycles. The molecule has 1 unspecified atom stereocenters. The zero-order chi connectivity index (χ0) is 20.5. The smallest absolute Gasteiger partial charge is 0.251 e. The van der Waals surface area contributed by atoms with Gasteiger partial charge in [-0.15, -0.1) is 0 Å². The van der Waals surface area contributed by atoms with E-state index in [0.29, 0.717) is 45.3 Å². The number of guanidine groups is 1. The molecule has 2 fully saturated rings. The minimum atomic E-state index is -0.265. The summed E-state index contributed by atoms with van der Waals surface area (Å²) in [6.07, 6.45) is 2.32. The maximum absolute atomic E-state index is 12.4. The van der Waals surface area contributed by atoms with E-state index in [4.69, 9.17) is 4.74 Å². The van der Waals surface area contributed by atoms with Gasteiger partial charge in [0.05, 0.1) is 6.54 Å². The number of benzene rings is 1. The molecule has 8 heteroatoms. The Morgan fingerprint density at radius 2 is 1.83 bits per heavy atom. The summed E-state index contributed by atoms with van der Waals surface area (Å²) in [4.78, 5) is 32.8. The Morgan fingerprint density at radius 1 is 1.10 bits per heavy atom. The third-order valence-corrected chi connectivity index (χ3v) is 5.29. The van der Waals surface area contributed by atoms with Crippen LogP contribution in [-0.2, 0) is 20.7 Å². The summed E-state index contributed by atoms with van der Waals surface area (Å²) in [5.74, 6) is 0.726. The van der Waals surface area contributed by atoms with Gasteiger partial charge < -0.3 is 25.2 Å². The summed E-state index contributed by atoms with van der Waals surface area (Å²) >= 11 is 0. The molecule has 1 aromatic carbocycles. The van der Waals surface area contributed by atoms with Crippen molar-refractivity contribution in [3.8, 4) is 0 Å². The summed E-state index contributed by atoms with van der Waals surface area (Å²) in [5, 5.41) is 6.05. The number of rotatable bonds is 6. The fraction of sp³-hybridized carbons (Fsp3) is 0.571. The second kappa shape index (κ2) is 10.8. The summed E-state index contributed by atoms with van der Waals surface area (Å²) < 4.78 is 5.50. The van der Waals surface area contributed by atoms with Gasteiger partial charge >= 0.3 is 0 Å². The van der Waals surface area contributed by atoms with Gasteiger partial charge in [0.25, 0.3) is 5.91 Å². The predicted molar refractivity (Wildman–Crippen MR) is 112 cm³/mol. The van der Waals surface area contributed by atoms with Crippen LogP contribution < -0.4 is 10.6 Å². The molecule has 0 aliphatic carbocycles. The molecule has 3 rings (SSSR count). The Bertz CT molecular complexity index is 696. The highest BCUT2D eigenvalue weighted by Crippen LogP contribution is 2.16. The van der Waals surface area contributed by atoms with Crippen molar-refractivity contribution < 1.29 is 14.3 Å². The Kier molecular flexibility index (Phi) is 7.86. The van der Waals surface area contributed by atoms with E-state index in [9.17, 15) is 9.59 Å². The molecule has 29 heavy (non-hydrogen) atoms. The van der Waals surface area contributed by atoms with E-state index in [2.05, 4.69) is 32.7 Å². The fourth-order valence-corrected chi connectivity index (χ4v) is 3.66. The summed E-state index contributed by atoms with van der Waals surface area (Å²) in [7, 11) is 1.71. The van der Waals surface area contributed by atoms with Crippen LogP contribution in [0, 0.1) is 0 Å². The van der Waals surface area contributed by atoms with Crippen LogP contribution >= 0.6 is 0 Å². The van der Waals surface area contributed by atoms with Crippen LogP contribution in [0.5, 0.6) is 0 Å². The van der Waals surface area contributed by atoms with Crippen molar-refractivity contribution in [2.45, 2.75) is 25.4 Å². The molecular weight excluding hydrogens is 370 g/mol. The first-order valence-electron chi connectivity index (χ1n) is 10.3. The Balaban J connectivity index is 1.35. The molecule has 2 amide bonds. The minimum absolute atomic E-state index is 0.0609. The fourth-order valence-electron chi connectivity index (χ4n) is 3.66. The van der Waals surface area contributed by atoms with Gasteiger partial charge in [-0.05, 0) is 24.8 Å². The van der Waals surface area contributed by atoms with E-state index in [1.807, 2.05) is 23.1 Å². The number of carbonyl (C=O) groups excluding carboxylic acids is 2. The van der Waals surface area contributed by atoms with Crippen molar-refractivity contribution in [2.75, 3.05) is 52.9 Å². The summed E-state index contributed by atoms with van der Waals surface area (Å²) in [5.41, 5.74) is 1.20. The molecule has 2 aliphatic heterocycles. The average molecular weight is 402 g/mol. The molecule has 8 nitrogen and oxygen atoms in total. The van der Waals surface area contributed by atoms with E-state index in [1.165, 1.54) is 5.56 Å². The number of nitrogens with zero attached hydrogens (tertiary/aromatic N) is 3. The molecule has 158 valence electrons. The molecule has 0 spiro atoms. The lowest BCUT2D eigenvalue weighted by Gasteiger charge is -2.37. The van der Waals surface area contributed by atoms with E-state index in [0.717, 1.165) is 19.3 Å². The molecule has 1 aromatic rings. The van der Waals surface area contributed by atoms with E-state index in [1.54, 1.807) is 7.05 Å². The zero-order valence-electron chi connectivity index (χ0n) is 17.1. The Hall–Kier alpha value is -2.61. The number of hydrogen-bond donors (Lipinski definition) is 2. The van der Waals surface area contributed by atoms with Crippen molar-refractivity contribution in [1.29, 1.82) is 0 Å². The van der Waals surface area contributed by atoms with Crippen molar-refractivity contribution in [1.82, 2.24) is 20.4 Å². The van der Waals surface area contributed by atoms with Gasteiger partial charge in [0.15, 0.2) is 5.96 Å². The monoisotopic (exact) mass is 401 g/mol. The Morgan fingerprint density at radius 3 is 2.48 bits per heavy atom. The highest BCUT2D eigenvalue weighted by molar-refractivity contribution is 5.87. The molecule has 2 heterocycles. The van der Waals surface area contributed by atoms with Crippen LogP contribution in [0.3, 0.4) is 0 Å². The van der Waals surface area contributed by atoms with Crippen LogP contribution in [0.2, 0.25) is 0 Å². The van der Waals surface area contributed by atoms with Gasteiger partial charge in [-0.3, -0.25) is 14.6 Å². The highest BCUT2D eigenvalue weighted by atomic mass is 16.5. The minimum Gasteiger partial charge on any atom is -0.368 e.